The molecule has 0 fully saturated rings. The zero-order chi connectivity index (χ0) is 49.9. The van der Waals surface area contributed by atoms with Gasteiger partial charge in [0.15, 0.2) is 5.58 Å². The highest BCUT2D eigenvalue weighted by Gasteiger charge is 2.34. The third-order valence-electron chi connectivity index (χ3n) is 15.8. The molecule has 0 spiro atoms. The van der Waals surface area contributed by atoms with Crippen molar-refractivity contribution in [2.45, 2.75) is 0 Å². The maximum absolute atomic E-state index is 12.5. The van der Waals surface area contributed by atoms with Crippen LogP contribution in [0.2, 0.25) is 0 Å². The third-order valence-corrected chi connectivity index (χ3v) is 19.4. The van der Waals surface area contributed by atoms with E-state index in [1.54, 1.807) is 34.0 Å². The van der Waals surface area contributed by atoms with Crippen LogP contribution in [0, 0.1) is 17.9 Å². The Balaban J connectivity index is 1.17. The molecule has 17 aromatic rings. The van der Waals surface area contributed by atoms with E-state index in [2.05, 4.69) is 197 Å². The molecule has 0 radical (unpaired) electrons. The molecule has 0 amide bonds. The first-order valence-corrected chi connectivity index (χ1v) is 27.6. The summed E-state index contributed by atoms with van der Waals surface area (Å²) in [6.07, 6.45) is 0. The van der Waals surface area contributed by atoms with Crippen LogP contribution in [0.3, 0.4) is 0 Å². The topological polar surface area (TPSA) is 51.1 Å². The van der Waals surface area contributed by atoms with Crippen molar-refractivity contribution in [1.29, 1.82) is 5.26 Å². The molecule has 0 bridgehead atoms. The number of benzene rings is 11. The fraction of sp³-hybridized carbons (Fsp3) is 0. The van der Waals surface area contributed by atoms with E-state index in [0.717, 1.165) is 124 Å². The van der Waals surface area contributed by atoms with Crippen LogP contribution in [0.5, 0.6) is 0 Å². The fourth-order valence-electron chi connectivity index (χ4n) is 12.7. The standard InChI is InChI=1S/C68H34N4OS3/c1-70-58-57(38-18-6-3-7-19-38)64(72-60-43(28-32-47-39-20-8-12-24-52(39)73-65(47)60)44-29-33-50-42-23-11-15-27-55(42)76-68(50)63(44)72)56(37-16-4-2-5-17-37)51(36-69)59(58)71-61-45(30-34-48-40-21-9-13-25-53(40)74-66(48)61)46-31-35-49-41-22-10-14-26-54(41)75-67(49)62(46)71/h2-35H. The highest BCUT2D eigenvalue weighted by Crippen LogP contribution is 2.56. The van der Waals surface area contributed by atoms with Crippen LogP contribution in [-0.4, -0.2) is 9.13 Å². The predicted molar refractivity (Wildman–Crippen MR) is 323 cm³/mol. The van der Waals surface area contributed by atoms with E-state index in [1.807, 2.05) is 24.3 Å². The molecule has 5 nitrogen and oxygen atoms in total. The summed E-state index contributed by atoms with van der Waals surface area (Å²) in [5.74, 6) is 0. The number of furan rings is 1. The minimum absolute atomic E-state index is 0.391. The van der Waals surface area contributed by atoms with E-state index < -0.39 is 0 Å². The summed E-state index contributed by atoms with van der Waals surface area (Å²) in [7, 11) is 0. The van der Waals surface area contributed by atoms with Gasteiger partial charge in [0.1, 0.15) is 11.7 Å². The van der Waals surface area contributed by atoms with Gasteiger partial charge in [-0.3, -0.25) is 0 Å². The van der Waals surface area contributed by atoms with Gasteiger partial charge in [0.05, 0.1) is 59.7 Å². The molecule has 8 heteroatoms. The molecule has 0 aliphatic heterocycles. The van der Waals surface area contributed by atoms with E-state index in [1.165, 1.54) is 30.3 Å². The summed E-state index contributed by atoms with van der Waals surface area (Å²) >= 11 is 5.32. The molecule has 0 aliphatic rings. The summed E-state index contributed by atoms with van der Waals surface area (Å²) in [6.45, 7) is 9.78. The number of rotatable bonds is 4. The Labute approximate surface area is 444 Å². The molecule has 17 rings (SSSR count). The third kappa shape index (κ3) is 5.44. The quantitative estimate of drug-likeness (QED) is 0.165. The van der Waals surface area contributed by atoms with Gasteiger partial charge >= 0.3 is 0 Å². The number of fused-ring (bicyclic) bond motifs is 22. The Kier molecular flexibility index (Phi) is 8.54. The van der Waals surface area contributed by atoms with Crippen LogP contribution in [0.15, 0.2) is 211 Å². The minimum atomic E-state index is 0.391. The van der Waals surface area contributed by atoms with Crippen LogP contribution in [0.1, 0.15) is 5.56 Å². The molecule has 0 atom stereocenters. The Hall–Kier alpha value is -9.54. The van der Waals surface area contributed by atoms with Crippen LogP contribution in [0.4, 0.5) is 5.69 Å². The molecule has 350 valence electrons. The zero-order valence-corrected chi connectivity index (χ0v) is 42.5. The average molecular weight is 1020 g/mol. The maximum Gasteiger partial charge on any atom is 0.221 e. The molecule has 0 N–H and O–H groups in total. The summed E-state index contributed by atoms with van der Waals surface area (Å²) in [6, 6.07) is 75.8. The zero-order valence-electron chi connectivity index (χ0n) is 40.1. The lowest BCUT2D eigenvalue weighted by Gasteiger charge is -2.26. The van der Waals surface area contributed by atoms with Crippen LogP contribution < -0.4 is 0 Å². The van der Waals surface area contributed by atoms with Crippen molar-refractivity contribution in [2.75, 3.05) is 0 Å². The van der Waals surface area contributed by atoms with Crippen molar-refractivity contribution < 1.29 is 4.42 Å². The molecule has 6 heterocycles. The summed E-state index contributed by atoms with van der Waals surface area (Å²) in [4.78, 5) is 4.78. The monoisotopic (exact) mass is 1020 g/mol. The van der Waals surface area contributed by atoms with E-state index in [9.17, 15) is 11.8 Å². The van der Waals surface area contributed by atoms with E-state index in [0.29, 0.717) is 16.9 Å². The Morgan fingerprint density at radius 3 is 1.26 bits per heavy atom. The van der Waals surface area contributed by atoms with Gasteiger partial charge in [-0.25, -0.2) is 4.85 Å². The van der Waals surface area contributed by atoms with Gasteiger partial charge in [-0.2, -0.15) is 5.26 Å². The van der Waals surface area contributed by atoms with Gasteiger partial charge in [0.2, 0.25) is 5.69 Å². The molecular formula is C68H34N4OS3. The number of para-hydroxylation sites is 1. The highest BCUT2D eigenvalue weighted by molar-refractivity contribution is 7.27. The lowest BCUT2D eigenvalue weighted by Crippen LogP contribution is -2.08. The molecule has 0 saturated heterocycles. The van der Waals surface area contributed by atoms with Crippen molar-refractivity contribution in [3.8, 4) is 39.7 Å². The van der Waals surface area contributed by atoms with E-state index in [4.69, 9.17) is 9.26 Å². The SMILES string of the molecule is [C-]#[N+]c1c(-c2ccccc2)c(-n2c3c(ccc4c5ccccc5oc43)c3ccc4c5ccccc5sc4c32)c(-c2ccccc2)c(C#N)c1-n1c2c(ccc3c4ccccc4sc32)c2ccc3c4ccccc4sc3c21. The molecule has 6 aromatic heterocycles. The first-order valence-electron chi connectivity index (χ1n) is 25.2. The number of hydrogen-bond donors (Lipinski definition) is 0. The number of nitrogens with zero attached hydrogens (tertiary/aromatic N) is 4. The molecule has 11 aromatic carbocycles. The Morgan fingerprint density at radius 2 is 0.776 bits per heavy atom. The first kappa shape index (κ1) is 41.9. The number of aromatic nitrogens is 2. The van der Waals surface area contributed by atoms with Gasteiger partial charge in [-0.1, -0.05) is 176 Å². The molecular weight excluding hydrogens is 985 g/mol. The average Bonchev–Trinajstić information content (AvgIpc) is 4.40. The Bertz CT molecular complexity index is 5170. The van der Waals surface area contributed by atoms with Gasteiger partial charge < -0.3 is 13.6 Å². The predicted octanol–water partition coefficient (Wildman–Crippen LogP) is 20.6. The highest BCUT2D eigenvalue weighted by atomic mass is 32.1. The number of thiophene rings is 3. The second kappa shape index (κ2) is 15.5. The summed E-state index contributed by atoms with van der Waals surface area (Å²) in [5, 5.41) is 25.8. The van der Waals surface area contributed by atoms with Gasteiger partial charge in [0.25, 0.3) is 0 Å². The van der Waals surface area contributed by atoms with Crippen molar-refractivity contribution in [2.24, 2.45) is 0 Å². The molecule has 0 saturated carbocycles. The van der Waals surface area contributed by atoms with Crippen molar-refractivity contribution in [1.82, 2.24) is 9.13 Å². The summed E-state index contributed by atoms with van der Waals surface area (Å²) in [5.41, 5.74) is 10.7. The second-order valence-corrected chi connectivity index (χ2v) is 22.7. The van der Waals surface area contributed by atoms with Crippen LogP contribution in [-0.2, 0) is 0 Å². The lowest BCUT2D eigenvalue weighted by atomic mass is 9.88. The largest absolute Gasteiger partial charge is 0.454 e. The smallest absolute Gasteiger partial charge is 0.221 e. The van der Waals surface area contributed by atoms with Crippen molar-refractivity contribution in [3.63, 3.8) is 0 Å². The normalized spacial score (nSPS) is 12.2. The number of hydrogen-bond acceptors (Lipinski definition) is 5. The van der Waals surface area contributed by atoms with Crippen molar-refractivity contribution >= 4 is 166 Å². The van der Waals surface area contributed by atoms with Crippen LogP contribution in [0.25, 0.3) is 165 Å². The molecule has 0 aliphatic carbocycles. The first-order chi connectivity index (χ1) is 37.7. The van der Waals surface area contributed by atoms with Crippen molar-refractivity contribution in [3.05, 3.63) is 223 Å². The molecule has 76 heavy (non-hydrogen) atoms. The van der Waals surface area contributed by atoms with Crippen LogP contribution >= 0.6 is 34.0 Å². The second-order valence-electron chi connectivity index (χ2n) is 19.5. The molecule has 0 unspecified atom stereocenters. The van der Waals surface area contributed by atoms with E-state index >= 15 is 0 Å². The summed E-state index contributed by atoms with van der Waals surface area (Å²) < 4.78 is 18.7. The minimum Gasteiger partial charge on any atom is -0.454 e. The van der Waals surface area contributed by atoms with E-state index in [-0.39, 0.29) is 0 Å². The lowest BCUT2D eigenvalue weighted by molar-refractivity contribution is 0.671. The maximum atomic E-state index is 12.5. The van der Waals surface area contributed by atoms with Gasteiger partial charge in [-0.15, -0.1) is 34.0 Å². The van der Waals surface area contributed by atoms with Gasteiger partial charge in [0, 0.05) is 89.9 Å². The Morgan fingerprint density at radius 1 is 0.382 bits per heavy atom. The number of nitriles is 1. The fourth-order valence-corrected chi connectivity index (χ4v) is 16.4. The van der Waals surface area contributed by atoms with Gasteiger partial charge in [-0.05, 0) is 41.5 Å².